The number of hydrogen-bond acceptors (Lipinski definition) is 10. The fourth-order valence-electron chi connectivity index (χ4n) is 5.11. The highest BCUT2D eigenvalue weighted by atomic mass is 32.2. The Kier molecular flexibility index (Phi) is 8.33. The SMILES string of the molecule is CCOc1cc(Nc2nc(Nc3ccccc3S(=O)(=O)N(C)C)c3c(-c4cccnc4)c[nH]c3n2)ccc1N1CCOCC1. The molecule has 1 saturated heterocycles. The van der Waals surface area contributed by atoms with Gasteiger partial charge in [0.15, 0.2) is 0 Å². The molecule has 0 radical (unpaired) electrons. The number of pyridine rings is 1. The molecule has 0 amide bonds. The van der Waals surface area contributed by atoms with Crippen molar-refractivity contribution in [2.75, 3.05) is 62.5 Å². The first-order chi connectivity index (χ1) is 21.3. The van der Waals surface area contributed by atoms with Crippen LogP contribution in [0.2, 0.25) is 0 Å². The number of ether oxygens (including phenoxy) is 2. The number of morpholine rings is 1. The number of para-hydroxylation sites is 1. The van der Waals surface area contributed by atoms with Crippen LogP contribution in [0.3, 0.4) is 0 Å². The van der Waals surface area contributed by atoms with Gasteiger partial charge in [-0.05, 0) is 37.3 Å². The van der Waals surface area contributed by atoms with E-state index in [9.17, 15) is 8.42 Å². The summed E-state index contributed by atoms with van der Waals surface area (Å²) in [4.78, 5) is 19.5. The van der Waals surface area contributed by atoms with Gasteiger partial charge in [0.2, 0.25) is 16.0 Å². The second kappa shape index (κ2) is 12.5. The average Bonchev–Trinajstić information content (AvgIpc) is 3.47. The molecule has 0 atom stereocenters. The first-order valence-corrected chi connectivity index (χ1v) is 15.7. The summed E-state index contributed by atoms with van der Waals surface area (Å²) >= 11 is 0. The molecule has 0 aliphatic carbocycles. The highest BCUT2D eigenvalue weighted by Crippen LogP contribution is 2.37. The number of anilines is 5. The van der Waals surface area contributed by atoms with Gasteiger partial charge in [0.25, 0.3) is 0 Å². The predicted octanol–water partition coefficient (Wildman–Crippen LogP) is 4.99. The number of sulfonamides is 1. The van der Waals surface area contributed by atoms with Crippen LogP contribution < -0.4 is 20.3 Å². The van der Waals surface area contributed by atoms with Crippen molar-refractivity contribution in [2.45, 2.75) is 11.8 Å². The molecule has 1 fully saturated rings. The van der Waals surface area contributed by atoms with Crippen LogP contribution in [0.15, 0.2) is 78.1 Å². The molecule has 0 unspecified atom stereocenters. The van der Waals surface area contributed by atoms with Crippen molar-refractivity contribution in [3.05, 3.63) is 73.2 Å². The first kappa shape index (κ1) is 29.4. The lowest BCUT2D eigenvalue weighted by Crippen LogP contribution is -2.36. The van der Waals surface area contributed by atoms with E-state index < -0.39 is 10.0 Å². The summed E-state index contributed by atoms with van der Waals surface area (Å²) in [5, 5.41) is 7.31. The van der Waals surface area contributed by atoms with Gasteiger partial charge in [0.05, 0.1) is 36.6 Å². The van der Waals surface area contributed by atoms with Crippen LogP contribution >= 0.6 is 0 Å². The van der Waals surface area contributed by atoms with Crippen LogP contribution in [-0.2, 0) is 14.8 Å². The van der Waals surface area contributed by atoms with Gasteiger partial charge < -0.3 is 30.0 Å². The molecule has 44 heavy (non-hydrogen) atoms. The summed E-state index contributed by atoms with van der Waals surface area (Å²) < 4.78 is 39.1. The monoisotopic (exact) mass is 614 g/mol. The zero-order valence-electron chi connectivity index (χ0n) is 24.7. The highest BCUT2D eigenvalue weighted by molar-refractivity contribution is 7.89. The third-order valence-corrected chi connectivity index (χ3v) is 9.14. The summed E-state index contributed by atoms with van der Waals surface area (Å²) in [6.07, 6.45) is 5.31. The Morgan fingerprint density at radius 3 is 2.61 bits per heavy atom. The smallest absolute Gasteiger partial charge is 0.244 e. The number of hydrogen-bond donors (Lipinski definition) is 3. The second-order valence-corrected chi connectivity index (χ2v) is 12.4. The Morgan fingerprint density at radius 1 is 1.05 bits per heavy atom. The summed E-state index contributed by atoms with van der Waals surface area (Å²) in [5.74, 6) is 1.49. The lowest BCUT2D eigenvalue weighted by atomic mass is 10.1. The zero-order chi connectivity index (χ0) is 30.7. The van der Waals surface area contributed by atoms with Crippen molar-refractivity contribution in [1.82, 2.24) is 24.2 Å². The first-order valence-electron chi connectivity index (χ1n) is 14.3. The maximum Gasteiger partial charge on any atom is 0.244 e. The lowest BCUT2D eigenvalue weighted by Gasteiger charge is -2.30. The van der Waals surface area contributed by atoms with E-state index in [1.54, 1.807) is 36.7 Å². The topological polar surface area (TPSA) is 138 Å². The number of nitrogens with zero attached hydrogens (tertiary/aromatic N) is 5. The van der Waals surface area contributed by atoms with Gasteiger partial charge in [-0.3, -0.25) is 4.98 Å². The van der Waals surface area contributed by atoms with Crippen LogP contribution in [0.25, 0.3) is 22.2 Å². The van der Waals surface area contributed by atoms with Crippen molar-refractivity contribution >= 4 is 49.9 Å². The standard InChI is InChI=1S/C31H34N8O4S/c1-4-43-26-18-22(11-12-25(26)39-14-16-42-17-15-39)34-31-36-29-28(23(20-33-29)21-8-7-13-32-19-21)30(37-31)35-24-9-5-6-10-27(24)44(40,41)38(2)3/h5-13,18-20H,4,14-17H2,1-3H3,(H3,33,34,35,36,37). The van der Waals surface area contributed by atoms with Crippen molar-refractivity contribution < 1.29 is 17.9 Å². The van der Waals surface area contributed by atoms with Gasteiger partial charge in [-0.25, -0.2) is 12.7 Å². The number of aromatic nitrogens is 4. The molecule has 0 saturated carbocycles. The zero-order valence-corrected chi connectivity index (χ0v) is 25.6. The van der Waals surface area contributed by atoms with Gasteiger partial charge >= 0.3 is 0 Å². The van der Waals surface area contributed by atoms with E-state index >= 15 is 0 Å². The van der Waals surface area contributed by atoms with Crippen molar-refractivity contribution in [3.8, 4) is 16.9 Å². The number of aromatic amines is 1. The number of H-pyrrole nitrogens is 1. The van der Waals surface area contributed by atoms with E-state index in [1.807, 2.05) is 43.5 Å². The van der Waals surface area contributed by atoms with E-state index in [0.717, 1.165) is 41.3 Å². The lowest BCUT2D eigenvalue weighted by molar-refractivity contribution is 0.122. The number of rotatable bonds is 10. The molecular weight excluding hydrogens is 580 g/mol. The third-order valence-electron chi connectivity index (χ3n) is 7.27. The molecule has 3 aromatic heterocycles. The van der Waals surface area contributed by atoms with Gasteiger partial charge in [-0.2, -0.15) is 9.97 Å². The minimum atomic E-state index is -3.74. The van der Waals surface area contributed by atoms with E-state index in [4.69, 9.17) is 19.4 Å². The Balaban J connectivity index is 1.43. The number of fused-ring (bicyclic) bond motifs is 1. The molecule has 0 bridgehead atoms. The Morgan fingerprint density at radius 2 is 1.86 bits per heavy atom. The Labute approximate surface area is 256 Å². The summed E-state index contributed by atoms with van der Waals surface area (Å²) in [5.41, 5.74) is 4.38. The predicted molar refractivity (Wildman–Crippen MR) is 172 cm³/mol. The fourth-order valence-corrected chi connectivity index (χ4v) is 6.15. The summed E-state index contributed by atoms with van der Waals surface area (Å²) in [6, 6.07) is 16.5. The molecule has 3 N–H and O–H groups in total. The maximum absolute atomic E-state index is 13.2. The number of benzene rings is 2. The minimum absolute atomic E-state index is 0.129. The van der Waals surface area contributed by atoms with Crippen molar-refractivity contribution in [3.63, 3.8) is 0 Å². The molecule has 6 rings (SSSR count). The Bertz CT molecular complexity index is 1870. The van der Waals surface area contributed by atoms with Crippen molar-refractivity contribution in [1.29, 1.82) is 0 Å². The normalized spacial score (nSPS) is 13.8. The van der Waals surface area contributed by atoms with Gasteiger partial charge in [-0.1, -0.05) is 18.2 Å². The summed E-state index contributed by atoms with van der Waals surface area (Å²) in [7, 11) is -0.735. The largest absolute Gasteiger partial charge is 0.492 e. The molecule has 13 heteroatoms. The van der Waals surface area contributed by atoms with Gasteiger partial charge in [-0.15, -0.1) is 0 Å². The van der Waals surface area contributed by atoms with Crippen molar-refractivity contribution in [2.24, 2.45) is 0 Å². The quantitative estimate of drug-likeness (QED) is 0.197. The van der Waals surface area contributed by atoms with E-state index in [1.165, 1.54) is 18.4 Å². The number of nitrogens with one attached hydrogen (secondary N) is 3. The molecular formula is C31H34N8O4S. The van der Waals surface area contributed by atoms with Crippen LogP contribution in [0.5, 0.6) is 5.75 Å². The molecule has 1 aliphatic heterocycles. The minimum Gasteiger partial charge on any atom is -0.492 e. The molecule has 2 aromatic carbocycles. The van der Waals surface area contributed by atoms with E-state index in [0.29, 0.717) is 48.3 Å². The van der Waals surface area contributed by atoms with E-state index in [-0.39, 0.29) is 4.90 Å². The molecule has 228 valence electrons. The molecule has 0 spiro atoms. The molecule has 4 heterocycles. The highest BCUT2D eigenvalue weighted by Gasteiger charge is 2.23. The summed E-state index contributed by atoms with van der Waals surface area (Å²) in [6.45, 7) is 5.40. The Hall–Kier alpha value is -4.72. The van der Waals surface area contributed by atoms with Gasteiger partial charge in [0, 0.05) is 68.7 Å². The maximum atomic E-state index is 13.2. The average molecular weight is 615 g/mol. The fraction of sp³-hybridized carbons (Fsp3) is 0.258. The van der Waals surface area contributed by atoms with Crippen LogP contribution in [0.1, 0.15) is 6.92 Å². The second-order valence-electron chi connectivity index (χ2n) is 10.3. The van der Waals surface area contributed by atoms with Crippen LogP contribution in [-0.4, -0.2) is 79.7 Å². The molecule has 1 aliphatic rings. The molecule has 5 aromatic rings. The van der Waals surface area contributed by atoms with Crippen LogP contribution in [0, 0.1) is 0 Å². The van der Waals surface area contributed by atoms with E-state index in [2.05, 4.69) is 25.5 Å². The van der Waals surface area contributed by atoms with Crippen LogP contribution in [0.4, 0.5) is 28.8 Å². The third kappa shape index (κ3) is 5.89. The van der Waals surface area contributed by atoms with Gasteiger partial charge in [0.1, 0.15) is 22.1 Å². The molecule has 12 nitrogen and oxygen atoms in total.